The zero-order valence-electron chi connectivity index (χ0n) is 13.7. The van der Waals surface area contributed by atoms with Crippen LogP contribution in [0.15, 0.2) is 24.3 Å². The van der Waals surface area contributed by atoms with Gasteiger partial charge in [0.15, 0.2) is 6.61 Å². The summed E-state index contributed by atoms with van der Waals surface area (Å²) in [5.74, 6) is 0.669. The third-order valence-corrected chi connectivity index (χ3v) is 3.83. The highest BCUT2D eigenvalue weighted by Gasteiger charge is 2.24. The largest absolute Gasteiger partial charge is 0.484 e. The van der Waals surface area contributed by atoms with Gasteiger partial charge in [0.05, 0.1) is 6.61 Å². The van der Waals surface area contributed by atoms with Gasteiger partial charge in [-0.05, 0) is 38.8 Å². The van der Waals surface area contributed by atoms with Gasteiger partial charge in [0.2, 0.25) is 0 Å². The Bertz CT molecular complexity index is 522. The molecule has 0 saturated carbocycles. The Morgan fingerprint density at radius 1 is 1.22 bits per heavy atom. The summed E-state index contributed by atoms with van der Waals surface area (Å²) >= 11 is 0. The molecule has 1 aliphatic heterocycles. The normalized spacial score (nSPS) is 15.1. The monoisotopic (exact) mass is 320 g/mol. The fourth-order valence-corrected chi connectivity index (χ4v) is 2.48. The van der Waals surface area contributed by atoms with E-state index in [1.54, 1.807) is 11.8 Å². The third-order valence-electron chi connectivity index (χ3n) is 3.83. The Labute approximate surface area is 136 Å². The van der Waals surface area contributed by atoms with Crippen LogP contribution in [0.25, 0.3) is 0 Å². The van der Waals surface area contributed by atoms with E-state index in [4.69, 9.17) is 9.47 Å². The van der Waals surface area contributed by atoms with Crippen molar-refractivity contribution in [3.05, 3.63) is 29.8 Å². The predicted molar refractivity (Wildman–Crippen MR) is 86.4 cm³/mol. The van der Waals surface area contributed by atoms with Gasteiger partial charge in [-0.3, -0.25) is 4.79 Å². The van der Waals surface area contributed by atoms with Crippen molar-refractivity contribution in [1.82, 2.24) is 10.2 Å². The minimum Gasteiger partial charge on any atom is -0.484 e. The highest BCUT2D eigenvalue weighted by Crippen LogP contribution is 2.13. The summed E-state index contributed by atoms with van der Waals surface area (Å²) < 4.78 is 10.4. The first-order chi connectivity index (χ1) is 11.1. The zero-order chi connectivity index (χ0) is 16.7. The van der Waals surface area contributed by atoms with Gasteiger partial charge >= 0.3 is 6.09 Å². The van der Waals surface area contributed by atoms with Crippen molar-refractivity contribution >= 4 is 12.0 Å². The van der Waals surface area contributed by atoms with Crippen LogP contribution in [-0.2, 0) is 9.53 Å². The van der Waals surface area contributed by atoms with E-state index in [-0.39, 0.29) is 24.6 Å². The quantitative estimate of drug-likeness (QED) is 0.902. The van der Waals surface area contributed by atoms with E-state index < -0.39 is 0 Å². The molecule has 1 aromatic rings. The fourth-order valence-electron chi connectivity index (χ4n) is 2.48. The van der Waals surface area contributed by atoms with Crippen molar-refractivity contribution < 1.29 is 19.1 Å². The lowest BCUT2D eigenvalue weighted by Gasteiger charge is -2.32. The molecule has 6 heteroatoms. The number of aryl methyl sites for hydroxylation is 1. The Hall–Kier alpha value is -2.24. The lowest BCUT2D eigenvalue weighted by atomic mass is 10.1. The van der Waals surface area contributed by atoms with E-state index in [1.807, 2.05) is 31.2 Å². The molecule has 0 radical (unpaired) electrons. The molecule has 0 aliphatic carbocycles. The maximum Gasteiger partial charge on any atom is 0.407 e. The highest BCUT2D eigenvalue weighted by atomic mass is 16.5. The van der Waals surface area contributed by atoms with E-state index in [9.17, 15) is 9.59 Å². The van der Waals surface area contributed by atoms with Gasteiger partial charge in [-0.15, -0.1) is 0 Å². The number of piperidine rings is 1. The zero-order valence-corrected chi connectivity index (χ0v) is 13.7. The van der Waals surface area contributed by atoms with Gasteiger partial charge in [0.25, 0.3) is 5.91 Å². The number of hydrogen-bond acceptors (Lipinski definition) is 4. The molecule has 1 aromatic carbocycles. The summed E-state index contributed by atoms with van der Waals surface area (Å²) in [6.07, 6.45) is 1.07. The van der Waals surface area contributed by atoms with Crippen LogP contribution in [0.4, 0.5) is 4.79 Å². The number of alkyl carbamates (subject to hydrolysis) is 1. The number of nitrogens with zero attached hydrogens (tertiary/aromatic N) is 1. The van der Waals surface area contributed by atoms with Gasteiger partial charge in [0, 0.05) is 19.1 Å². The molecule has 126 valence electrons. The molecule has 1 aliphatic rings. The lowest BCUT2D eigenvalue weighted by molar-refractivity contribution is -0.134. The number of carbonyl (C=O) groups is 2. The summed E-state index contributed by atoms with van der Waals surface area (Å²) in [6.45, 7) is 5.41. The van der Waals surface area contributed by atoms with Crippen molar-refractivity contribution in [2.45, 2.75) is 32.7 Å². The second-order valence-corrected chi connectivity index (χ2v) is 5.62. The van der Waals surface area contributed by atoms with Crippen LogP contribution >= 0.6 is 0 Å². The molecule has 0 bridgehead atoms. The first kappa shape index (κ1) is 17.1. The van der Waals surface area contributed by atoms with E-state index in [2.05, 4.69) is 5.32 Å². The minimum atomic E-state index is -0.389. The van der Waals surface area contributed by atoms with E-state index in [0.717, 1.165) is 18.4 Å². The molecule has 0 atom stereocenters. The predicted octanol–water partition coefficient (Wildman–Crippen LogP) is 2.11. The summed E-state index contributed by atoms with van der Waals surface area (Å²) in [6, 6.07) is 7.69. The van der Waals surface area contributed by atoms with Gasteiger partial charge in [-0.25, -0.2) is 4.79 Å². The number of amides is 2. The number of rotatable bonds is 5. The van der Waals surface area contributed by atoms with Crippen molar-refractivity contribution in [2.75, 3.05) is 26.3 Å². The SMILES string of the molecule is CCOC(=O)NC1CCN(C(=O)COc2ccc(C)cc2)CC1. The number of likely N-dealkylation sites (tertiary alicyclic amines) is 1. The average molecular weight is 320 g/mol. The van der Waals surface area contributed by atoms with Gasteiger partial charge < -0.3 is 19.7 Å². The molecule has 0 spiro atoms. The van der Waals surface area contributed by atoms with Crippen LogP contribution in [0.3, 0.4) is 0 Å². The van der Waals surface area contributed by atoms with Gasteiger partial charge in [-0.2, -0.15) is 0 Å². The second-order valence-electron chi connectivity index (χ2n) is 5.62. The molecule has 1 N–H and O–H groups in total. The molecule has 1 heterocycles. The summed E-state index contributed by atoms with van der Waals surface area (Å²) in [7, 11) is 0. The first-order valence-corrected chi connectivity index (χ1v) is 7.99. The summed E-state index contributed by atoms with van der Waals surface area (Å²) in [5.41, 5.74) is 1.15. The third kappa shape index (κ3) is 5.47. The number of ether oxygens (including phenoxy) is 2. The Morgan fingerprint density at radius 3 is 2.48 bits per heavy atom. The van der Waals surface area contributed by atoms with Crippen molar-refractivity contribution in [3.8, 4) is 5.75 Å². The van der Waals surface area contributed by atoms with Crippen molar-refractivity contribution in [3.63, 3.8) is 0 Å². The first-order valence-electron chi connectivity index (χ1n) is 7.99. The summed E-state index contributed by atoms with van der Waals surface area (Å²) in [5, 5.41) is 2.81. The topological polar surface area (TPSA) is 67.9 Å². The molecule has 0 unspecified atom stereocenters. The molecule has 1 saturated heterocycles. The molecule has 6 nitrogen and oxygen atoms in total. The number of benzene rings is 1. The van der Waals surface area contributed by atoms with Crippen LogP contribution in [0.5, 0.6) is 5.75 Å². The maximum atomic E-state index is 12.2. The second kappa shape index (κ2) is 8.41. The van der Waals surface area contributed by atoms with Crippen molar-refractivity contribution in [1.29, 1.82) is 0 Å². The van der Waals surface area contributed by atoms with Gasteiger partial charge in [0.1, 0.15) is 5.75 Å². The number of carbonyl (C=O) groups excluding carboxylic acids is 2. The Balaban J connectivity index is 1.71. The molecule has 1 fully saturated rings. The molecule has 2 amide bonds. The fraction of sp³-hybridized carbons (Fsp3) is 0.529. The maximum absolute atomic E-state index is 12.2. The lowest BCUT2D eigenvalue weighted by Crippen LogP contribution is -2.47. The van der Waals surface area contributed by atoms with E-state index in [0.29, 0.717) is 25.4 Å². The molecule has 2 rings (SSSR count). The van der Waals surface area contributed by atoms with Crippen molar-refractivity contribution in [2.24, 2.45) is 0 Å². The molecular formula is C17H24N2O4. The number of hydrogen-bond donors (Lipinski definition) is 1. The van der Waals surface area contributed by atoms with Crippen LogP contribution in [0, 0.1) is 6.92 Å². The van der Waals surface area contributed by atoms with Crippen LogP contribution in [0.1, 0.15) is 25.3 Å². The Morgan fingerprint density at radius 2 is 1.87 bits per heavy atom. The molecule has 0 aromatic heterocycles. The average Bonchev–Trinajstić information content (AvgIpc) is 2.55. The highest BCUT2D eigenvalue weighted by molar-refractivity contribution is 5.78. The standard InChI is InChI=1S/C17H24N2O4/c1-3-22-17(21)18-14-8-10-19(11-9-14)16(20)12-23-15-6-4-13(2)5-7-15/h4-7,14H,3,8-12H2,1-2H3,(H,18,21). The smallest absolute Gasteiger partial charge is 0.407 e. The van der Waals surface area contributed by atoms with Crippen LogP contribution in [-0.4, -0.2) is 49.2 Å². The van der Waals surface area contributed by atoms with E-state index >= 15 is 0 Å². The Kier molecular flexibility index (Phi) is 6.26. The minimum absolute atomic E-state index is 0.0276. The summed E-state index contributed by atoms with van der Waals surface area (Å²) in [4.78, 5) is 25.3. The molecular weight excluding hydrogens is 296 g/mol. The van der Waals surface area contributed by atoms with Crippen LogP contribution < -0.4 is 10.1 Å². The van der Waals surface area contributed by atoms with Crippen LogP contribution in [0.2, 0.25) is 0 Å². The molecule has 23 heavy (non-hydrogen) atoms. The van der Waals surface area contributed by atoms with Gasteiger partial charge in [-0.1, -0.05) is 17.7 Å². The van der Waals surface area contributed by atoms with E-state index in [1.165, 1.54) is 0 Å². The number of nitrogens with one attached hydrogen (secondary N) is 1.